The van der Waals surface area contributed by atoms with E-state index in [1.54, 1.807) is 0 Å². The molecule has 0 aliphatic rings. The van der Waals surface area contributed by atoms with Gasteiger partial charge in [-0.05, 0) is 0 Å². The summed E-state index contributed by atoms with van der Waals surface area (Å²) in [5.74, 6) is 0. The second-order valence-electron chi connectivity index (χ2n) is 0.673. The van der Waals surface area contributed by atoms with Crippen LogP contribution in [0.15, 0.2) is 0 Å². The summed E-state index contributed by atoms with van der Waals surface area (Å²) in [7, 11) is 0.972. The van der Waals surface area contributed by atoms with Crippen molar-refractivity contribution in [1.82, 2.24) is 0 Å². The molecule has 4 nitrogen and oxygen atoms in total. The van der Waals surface area contributed by atoms with Gasteiger partial charge in [0.25, 0.3) is 0 Å². The zero-order valence-corrected chi connectivity index (χ0v) is 5.03. The molecule has 42 valence electrons. The molecule has 0 aromatic carbocycles. The molecular weight excluding hydrogens is 197 g/mol. The van der Waals surface area contributed by atoms with Gasteiger partial charge in [0, 0.05) is 0 Å². The molecule has 0 bridgehead atoms. The van der Waals surface area contributed by atoms with Crippen LogP contribution in [0.4, 0.5) is 0 Å². The molecule has 2 N–H and O–H groups in total. The van der Waals surface area contributed by atoms with Gasteiger partial charge in [-0.15, -0.1) is 0 Å². The van der Waals surface area contributed by atoms with Crippen LogP contribution in [0.2, 0.25) is 0 Å². The van der Waals surface area contributed by atoms with Crippen molar-refractivity contribution < 1.29 is 15.7 Å². The Balaban J connectivity index is -0.000000125. The summed E-state index contributed by atoms with van der Waals surface area (Å²) in [6.45, 7) is 0. The number of rotatable bonds is 1. The first kappa shape index (κ1) is 16.7. The van der Waals surface area contributed by atoms with E-state index in [2.05, 4.69) is 3.73 Å². The third-order valence-electron chi connectivity index (χ3n) is 0.238. The fraction of sp³-hybridized carbons (Fsp3) is 1.00. The van der Waals surface area contributed by atoms with E-state index >= 15 is 0 Å². The summed E-state index contributed by atoms with van der Waals surface area (Å²) in [6, 6.07) is 0. The van der Waals surface area contributed by atoms with Crippen molar-refractivity contribution in [2.24, 2.45) is 0 Å². The Morgan fingerprint density at radius 1 is 1.38 bits per heavy atom. The second-order valence-corrected chi connectivity index (χ2v) is 3.50. The van der Waals surface area contributed by atoms with Gasteiger partial charge < -0.3 is 0 Å². The Labute approximate surface area is 94.9 Å². The first-order chi connectivity index (χ1) is 2.56. The van der Waals surface area contributed by atoms with Crippen molar-refractivity contribution in [2.45, 2.75) is 0 Å². The van der Waals surface area contributed by atoms with E-state index in [0.717, 1.165) is 7.11 Å². The topological polar surface area (TPSA) is 66.8 Å². The molecule has 8 heavy (non-hydrogen) atoms. The first-order valence-corrected chi connectivity index (χ1v) is 4.38. The van der Waals surface area contributed by atoms with Crippen molar-refractivity contribution in [3.8, 4) is 0 Å². The molecule has 0 aliphatic carbocycles. The van der Waals surface area contributed by atoms with Crippen molar-refractivity contribution in [2.75, 3.05) is 7.11 Å². The van der Waals surface area contributed by atoms with Crippen LogP contribution in [0.25, 0.3) is 0 Å². The molecule has 0 spiro atoms. The maximum absolute atomic E-state index is 9.53. The van der Waals surface area contributed by atoms with E-state index in [4.69, 9.17) is 8.19 Å². The summed E-state index contributed by atoms with van der Waals surface area (Å²) in [5.41, 5.74) is 0. The van der Waals surface area contributed by atoms with Crippen LogP contribution in [0.5, 0.6) is 0 Å². The Morgan fingerprint density at radius 3 is 1.50 bits per heavy atom. The van der Waals surface area contributed by atoms with Gasteiger partial charge >= 0.3 is 96.4 Å². The van der Waals surface area contributed by atoms with E-state index in [-0.39, 0.29) is 59.1 Å². The quantitative estimate of drug-likeness (QED) is 0.452. The second kappa shape index (κ2) is 7.35. The van der Waals surface area contributed by atoms with Gasteiger partial charge in [-0.2, -0.15) is 0 Å². The van der Waals surface area contributed by atoms with E-state index in [9.17, 15) is 3.74 Å². The van der Waals surface area contributed by atoms with Crippen LogP contribution in [-0.4, -0.2) is 88.9 Å². The Bertz CT molecular complexity index is 78.1. The molecule has 0 heterocycles. The number of hydrogen-bond donors (Lipinski definition) is 2. The van der Waals surface area contributed by atoms with Gasteiger partial charge in [0.2, 0.25) is 0 Å². The van der Waals surface area contributed by atoms with E-state index < -0.39 is 14.5 Å². The van der Waals surface area contributed by atoms with Crippen LogP contribution in [0, 0.1) is 0 Å². The third-order valence-corrected chi connectivity index (χ3v) is 1.24. The molecule has 0 aromatic rings. The molecule has 0 rings (SSSR count). The van der Waals surface area contributed by atoms with Gasteiger partial charge in [0.15, 0.2) is 0 Å². The van der Waals surface area contributed by atoms with Crippen LogP contribution >= 0.6 is 0 Å². The Morgan fingerprint density at radius 2 is 1.50 bits per heavy atom. The summed E-state index contributed by atoms with van der Waals surface area (Å²) in [5, 5.41) is 0. The van der Waals surface area contributed by atoms with Gasteiger partial charge in [-0.25, -0.2) is 0 Å². The average Bonchev–Trinajstić information content (AvgIpc) is 1.35. The molecule has 0 amide bonds. The first-order valence-electron chi connectivity index (χ1n) is 1.17. The van der Waals surface area contributed by atoms with Crippen LogP contribution in [0.1, 0.15) is 0 Å². The minimum atomic E-state index is -4.66. The SMILES string of the molecule is CO[As](=O)(O)O.[NaH].[NaH]. The van der Waals surface area contributed by atoms with Gasteiger partial charge in [-0.1, -0.05) is 0 Å². The van der Waals surface area contributed by atoms with E-state index in [0.29, 0.717) is 0 Å². The van der Waals surface area contributed by atoms with Crippen LogP contribution in [0.3, 0.4) is 0 Å². The normalized spacial score (nSPS) is 8.88. The average molecular weight is 204 g/mol. The predicted octanol–water partition coefficient (Wildman–Crippen LogP) is -2.81. The van der Waals surface area contributed by atoms with E-state index in [1.807, 2.05) is 0 Å². The fourth-order valence-corrected chi connectivity index (χ4v) is 0. The molecule has 0 fully saturated rings. The number of hydrogen-bond acceptors (Lipinski definition) is 2. The predicted molar refractivity (Wildman–Crippen MR) is 32.2 cm³/mol. The standard InChI is InChI=1S/CH5AsO4.2Na.2H/c1-6-2(3,4)5;;;;/h1H3,(H2,3,4,5);;;;. The van der Waals surface area contributed by atoms with Crippen molar-refractivity contribution in [3.05, 3.63) is 0 Å². The zero-order valence-electron chi connectivity index (χ0n) is 3.16. The van der Waals surface area contributed by atoms with Crippen LogP contribution in [-0.2, 0) is 7.47 Å². The van der Waals surface area contributed by atoms with E-state index in [1.165, 1.54) is 0 Å². The monoisotopic (exact) mass is 204 g/mol. The molecular formula is CH7AsNa2O4. The van der Waals surface area contributed by atoms with Crippen molar-refractivity contribution in [3.63, 3.8) is 0 Å². The van der Waals surface area contributed by atoms with Gasteiger partial charge in [0.1, 0.15) is 0 Å². The summed E-state index contributed by atoms with van der Waals surface area (Å²) < 4.78 is 28.8. The summed E-state index contributed by atoms with van der Waals surface area (Å²) >= 11 is -4.66. The van der Waals surface area contributed by atoms with Gasteiger partial charge in [-0.3, -0.25) is 0 Å². The Kier molecular flexibility index (Phi) is 15.3. The molecule has 0 radical (unpaired) electrons. The molecule has 0 atom stereocenters. The minimum absolute atomic E-state index is 0. The molecule has 0 unspecified atom stereocenters. The van der Waals surface area contributed by atoms with Crippen molar-refractivity contribution in [1.29, 1.82) is 0 Å². The molecule has 0 saturated carbocycles. The molecule has 0 aliphatic heterocycles. The fourth-order valence-electron chi connectivity index (χ4n) is 0. The summed E-state index contributed by atoms with van der Waals surface area (Å²) in [6.07, 6.45) is 0. The van der Waals surface area contributed by atoms with Crippen molar-refractivity contribution >= 4 is 73.6 Å². The van der Waals surface area contributed by atoms with Crippen LogP contribution < -0.4 is 0 Å². The molecule has 0 saturated heterocycles. The van der Waals surface area contributed by atoms with Gasteiger partial charge in [0.05, 0.1) is 0 Å². The summed E-state index contributed by atoms with van der Waals surface area (Å²) in [4.78, 5) is 0. The zero-order chi connectivity index (χ0) is 5.21. The molecule has 7 heteroatoms. The Hall–Kier alpha value is 2.24. The third kappa shape index (κ3) is 15.7. The molecule has 0 aromatic heterocycles. The maximum atomic E-state index is 9.53.